The fourth-order valence-electron chi connectivity index (χ4n) is 4.60. The molecule has 0 saturated carbocycles. The molecule has 0 radical (unpaired) electrons. The normalized spacial score (nSPS) is 17.6. The minimum Gasteiger partial charge on any atom is -0.472 e. The number of ether oxygens (including phenoxy) is 1. The Morgan fingerprint density at radius 3 is 2.42 bits per heavy atom. The van der Waals surface area contributed by atoms with E-state index in [2.05, 4.69) is 9.97 Å². The number of aliphatic hydroxyl groups excluding tert-OH is 1. The lowest BCUT2D eigenvalue weighted by Crippen LogP contribution is -2.50. The Balaban J connectivity index is 1.67. The molecular weight excluding hydrogens is 510 g/mol. The molecule has 0 saturated heterocycles. The number of amides is 3. The van der Waals surface area contributed by atoms with Crippen LogP contribution in [0, 0.1) is 5.92 Å². The Morgan fingerprint density at radius 2 is 1.80 bits per heavy atom. The van der Waals surface area contributed by atoms with Gasteiger partial charge in [-0.2, -0.15) is 0 Å². The van der Waals surface area contributed by atoms with Gasteiger partial charge in [0, 0.05) is 63.3 Å². The van der Waals surface area contributed by atoms with Crippen molar-refractivity contribution >= 4 is 17.7 Å². The molecule has 40 heavy (non-hydrogen) atoms. The molecule has 3 atom stereocenters. The van der Waals surface area contributed by atoms with Crippen LogP contribution in [0.2, 0.25) is 0 Å². The molecule has 1 aromatic carbocycles. The monoisotopic (exact) mass is 545 g/mol. The van der Waals surface area contributed by atoms with Crippen LogP contribution in [0.25, 0.3) is 11.1 Å². The van der Waals surface area contributed by atoms with Crippen molar-refractivity contribution < 1.29 is 24.2 Å². The molecular formula is C30H35N5O5. The number of aromatic nitrogens is 2. The van der Waals surface area contributed by atoms with Crippen LogP contribution in [0.4, 0.5) is 0 Å². The van der Waals surface area contributed by atoms with Gasteiger partial charge in [0.1, 0.15) is 11.7 Å². The summed E-state index contributed by atoms with van der Waals surface area (Å²) in [5.74, 6) is -0.592. The van der Waals surface area contributed by atoms with Crippen molar-refractivity contribution in [2.24, 2.45) is 5.92 Å². The topological polar surface area (TPSA) is 116 Å². The van der Waals surface area contributed by atoms with Crippen LogP contribution in [-0.2, 0) is 0 Å². The van der Waals surface area contributed by atoms with Crippen molar-refractivity contribution in [1.82, 2.24) is 24.7 Å². The smallest absolute Gasteiger partial charge is 0.259 e. The lowest BCUT2D eigenvalue weighted by atomic mass is 9.98. The van der Waals surface area contributed by atoms with E-state index in [9.17, 15) is 19.5 Å². The van der Waals surface area contributed by atoms with Gasteiger partial charge in [-0.05, 0) is 42.8 Å². The number of carbonyl (C=O) groups is 3. The molecule has 1 N–H and O–H groups in total. The number of pyridine rings is 2. The highest BCUT2D eigenvalue weighted by Crippen LogP contribution is 2.30. The summed E-state index contributed by atoms with van der Waals surface area (Å²) >= 11 is 0. The van der Waals surface area contributed by atoms with E-state index in [0.29, 0.717) is 23.2 Å². The van der Waals surface area contributed by atoms with E-state index in [0.717, 1.165) is 5.56 Å². The number of nitrogens with zero attached hydrogens (tertiary/aromatic N) is 5. The largest absolute Gasteiger partial charge is 0.472 e. The zero-order chi connectivity index (χ0) is 29.0. The third kappa shape index (κ3) is 6.12. The maximum Gasteiger partial charge on any atom is 0.259 e. The molecule has 0 aliphatic carbocycles. The van der Waals surface area contributed by atoms with E-state index >= 15 is 0 Å². The van der Waals surface area contributed by atoms with Gasteiger partial charge in [0.2, 0.25) is 5.88 Å². The summed E-state index contributed by atoms with van der Waals surface area (Å²) in [7, 11) is 5.09. The summed E-state index contributed by atoms with van der Waals surface area (Å²) < 4.78 is 6.33. The van der Waals surface area contributed by atoms with Crippen LogP contribution in [-0.4, -0.2) is 100 Å². The van der Waals surface area contributed by atoms with Gasteiger partial charge in [0.05, 0.1) is 24.8 Å². The first-order valence-corrected chi connectivity index (χ1v) is 13.2. The summed E-state index contributed by atoms with van der Waals surface area (Å²) in [5.41, 5.74) is 2.76. The predicted molar refractivity (Wildman–Crippen MR) is 150 cm³/mol. The van der Waals surface area contributed by atoms with Crippen LogP contribution >= 0.6 is 0 Å². The first-order chi connectivity index (χ1) is 19.1. The van der Waals surface area contributed by atoms with E-state index < -0.39 is 12.1 Å². The standard InChI is InChI=1S/C30H35N5O5/c1-19-16-35(20(2)18-36)30(39)25-13-24(21-8-10-22(11-9-21)28(37)33(3)4)15-32-27(25)40-26(19)17-34(5)29(38)23-7-6-12-31-14-23/h6-15,19-20,26,36H,16-18H2,1-5H3/t19-,20+,26-/m1/s1. The van der Waals surface area contributed by atoms with Gasteiger partial charge in [0.25, 0.3) is 17.7 Å². The van der Waals surface area contributed by atoms with Crippen LogP contribution in [0.15, 0.2) is 61.1 Å². The van der Waals surface area contributed by atoms with Crippen molar-refractivity contribution in [3.05, 3.63) is 77.7 Å². The summed E-state index contributed by atoms with van der Waals surface area (Å²) in [6.45, 7) is 4.12. The van der Waals surface area contributed by atoms with E-state index in [1.807, 2.05) is 19.1 Å². The molecule has 0 fully saturated rings. The van der Waals surface area contributed by atoms with Gasteiger partial charge in [-0.3, -0.25) is 19.4 Å². The second-order valence-corrected chi connectivity index (χ2v) is 10.4. The maximum absolute atomic E-state index is 13.7. The zero-order valence-electron chi connectivity index (χ0n) is 23.4. The summed E-state index contributed by atoms with van der Waals surface area (Å²) in [4.78, 5) is 52.3. The van der Waals surface area contributed by atoms with Crippen LogP contribution in [0.5, 0.6) is 5.88 Å². The minimum atomic E-state index is -0.472. The second kappa shape index (κ2) is 12.3. The van der Waals surface area contributed by atoms with Crippen molar-refractivity contribution in [2.45, 2.75) is 26.0 Å². The van der Waals surface area contributed by atoms with Crippen molar-refractivity contribution in [2.75, 3.05) is 40.8 Å². The molecule has 3 heterocycles. The highest BCUT2D eigenvalue weighted by atomic mass is 16.5. The summed E-state index contributed by atoms with van der Waals surface area (Å²) in [6.07, 6.45) is 4.29. The Morgan fingerprint density at radius 1 is 1.07 bits per heavy atom. The van der Waals surface area contributed by atoms with E-state index in [1.165, 1.54) is 11.1 Å². The minimum absolute atomic E-state index is 0.104. The molecule has 4 rings (SSSR count). The summed E-state index contributed by atoms with van der Waals surface area (Å²) in [6, 6.07) is 11.8. The van der Waals surface area contributed by atoms with Crippen molar-refractivity contribution in [3.8, 4) is 17.0 Å². The van der Waals surface area contributed by atoms with Gasteiger partial charge in [-0.25, -0.2) is 4.98 Å². The van der Waals surface area contributed by atoms with E-state index in [1.54, 1.807) is 80.6 Å². The van der Waals surface area contributed by atoms with E-state index in [4.69, 9.17) is 4.74 Å². The highest BCUT2D eigenvalue weighted by Gasteiger charge is 2.35. The molecule has 1 aliphatic heterocycles. The molecule has 10 heteroatoms. The van der Waals surface area contributed by atoms with E-state index in [-0.39, 0.29) is 48.2 Å². The number of likely N-dealkylation sites (N-methyl/N-ethyl adjacent to an activating group) is 1. The number of benzene rings is 1. The molecule has 10 nitrogen and oxygen atoms in total. The molecule has 0 spiro atoms. The Hall–Kier alpha value is -4.31. The van der Waals surface area contributed by atoms with Crippen molar-refractivity contribution in [3.63, 3.8) is 0 Å². The molecule has 1 aliphatic rings. The number of hydrogen-bond donors (Lipinski definition) is 1. The molecule has 2 aromatic heterocycles. The number of hydrogen-bond acceptors (Lipinski definition) is 7. The molecule has 3 aromatic rings. The van der Waals surface area contributed by atoms with Gasteiger partial charge < -0.3 is 24.5 Å². The second-order valence-electron chi connectivity index (χ2n) is 10.4. The Labute approximate surface area is 234 Å². The van der Waals surface area contributed by atoms with Gasteiger partial charge in [-0.15, -0.1) is 0 Å². The fraction of sp³-hybridized carbons (Fsp3) is 0.367. The predicted octanol–water partition coefficient (Wildman–Crippen LogP) is 2.84. The fourth-order valence-corrected chi connectivity index (χ4v) is 4.60. The Kier molecular flexibility index (Phi) is 8.79. The highest BCUT2D eigenvalue weighted by molar-refractivity contribution is 5.98. The molecule has 210 valence electrons. The number of rotatable bonds is 7. The first-order valence-electron chi connectivity index (χ1n) is 13.2. The van der Waals surface area contributed by atoms with Gasteiger partial charge >= 0.3 is 0 Å². The first kappa shape index (κ1) is 28.7. The Bertz CT molecular complexity index is 1360. The van der Waals surface area contributed by atoms with Crippen LogP contribution in [0.1, 0.15) is 44.9 Å². The molecule has 0 bridgehead atoms. The summed E-state index contributed by atoms with van der Waals surface area (Å²) in [5, 5.41) is 9.92. The third-order valence-corrected chi connectivity index (χ3v) is 7.10. The lowest BCUT2D eigenvalue weighted by Gasteiger charge is -2.37. The molecule has 0 unspecified atom stereocenters. The van der Waals surface area contributed by atoms with Crippen LogP contribution < -0.4 is 4.74 Å². The average Bonchev–Trinajstić information content (AvgIpc) is 2.97. The average molecular weight is 546 g/mol. The van der Waals surface area contributed by atoms with Gasteiger partial charge in [-0.1, -0.05) is 19.1 Å². The quantitative estimate of drug-likeness (QED) is 0.485. The maximum atomic E-state index is 13.7. The lowest BCUT2D eigenvalue weighted by molar-refractivity contribution is 0.0313. The van der Waals surface area contributed by atoms with Gasteiger partial charge in [0.15, 0.2) is 0 Å². The molecule has 3 amide bonds. The van der Waals surface area contributed by atoms with Crippen LogP contribution in [0.3, 0.4) is 0 Å². The third-order valence-electron chi connectivity index (χ3n) is 7.10. The SMILES string of the molecule is C[C@@H]1CN([C@@H](C)CO)C(=O)c2cc(-c3ccc(C(=O)N(C)C)cc3)cnc2O[C@@H]1CN(C)C(=O)c1cccnc1. The van der Waals surface area contributed by atoms with Crippen molar-refractivity contribution in [1.29, 1.82) is 0 Å². The number of fused-ring (bicyclic) bond motifs is 1. The number of carbonyl (C=O) groups excluding carboxylic acids is 3. The number of aliphatic hydroxyl groups is 1. The zero-order valence-corrected chi connectivity index (χ0v) is 23.4.